The van der Waals surface area contributed by atoms with Crippen LogP contribution < -0.4 is 5.32 Å². The average Bonchev–Trinajstić information content (AvgIpc) is 2.77. The normalized spacial score (nSPS) is 12.3. The van der Waals surface area contributed by atoms with Crippen LogP contribution in [0.4, 0.5) is 0 Å². The van der Waals surface area contributed by atoms with E-state index in [1.807, 2.05) is 24.3 Å². The van der Waals surface area contributed by atoms with E-state index in [1.54, 1.807) is 13.0 Å². The second-order valence-corrected chi connectivity index (χ2v) is 5.56. The van der Waals surface area contributed by atoms with Crippen LogP contribution in [-0.2, 0) is 6.54 Å². The lowest BCUT2D eigenvalue weighted by Crippen LogP contribution is -2.17. The first-order valence-corrected chi connectivity index (χ1v) is 7.08. The van der Waals surface area contributed by atoms with E-state index in [2.05, 4.69) is 28.2 Å². The van der Waals surface area contributed by atoms with E-state index in [0.29, 0.717) is 18.1 Å². The van der Waals surface area contributed by atoms with Gasteiger partial charge in [0.15, 0.2) is 0 Å². The molecular formula is C15H16BrNO3. The SMILES string of the molecule is Cc1oc(CNC(C)c2cccc(Br)c2)cc1C(=O)O. The van der Waals surface area contributed by atoms with Crippen LogP contribution in [0.3, 0.4) is 0 Å². The van der Waals surface area contributed by atoms with Gasteiger partial charge in [-0.25, -0.2) is 4.79 Å². The molecule has 1 aromatic carbocycles. The first kappa shape index (κ1) is 14.8. The molecule has 2 aromatic rings. The van der Waals surface area contributed by atoms with Crippen molar-refractivity contribution >= 4 is 21.9 Å². The molecule has 0 saturated carbocycles. The van der Waals surface area contributed by atoms with Crippen LogP contribution in [0.1, 0.15) is 40.4 Å². The second kappa shape index (κ2) is 6.24. The first-order chi connectivity index (χ1) is 9.47. The third-order valence-corrected chi connectivity index (χ3v) is 3.62. The van der Waals surface area contributed by atoms with Crippen molar-refractivity contribution in [3.05, 3.63) is 57.5 Å². The first-order valence-electron chi connectivity index (χ1n) is 6.29. The molecule has 0 radical (unpaired) electrons. The van der Waals surface area contributed by atoms with E-state index >= 15 is 0 Å². The Hall–Kier alpha value is -1.59. The Labute approximate surface area is 125 Å². The summed E-state index contributed by atoms with van der Waals surface area (Å²) in [5, 5.41) is 12.3. The minimum absolute atomic E-state index is 0.145. The molecule has 106 valence electrons. The minimum atomic E-state index is -0.961. The molecular weight excluding hydrogens is 322 g/mol. The highest BCUT2D eigenvalue weighted by Crippen LogP contribution is 2.19. The zero-order chi connectivity index (χ0) is 14.7. The Morgan fingerprint density at radius 2 is 2.20 bits per heavy atom. The summed E-state index contributed by atoms with van der Waals surface area (Å²) in [6.45, 7) is 4.20. The zero-order valence-electron chi connectivity index (χ0n) is 11.3. The maximum Gasteiger partial charge on any atom is 0.339 e. The Bertz CT molecular complexity index is 621. The highest BCUT2D eigenvalue weighted by Gasteiger charge is 2.14. The van der Waals surface area contributed by atoms with Gasteiger partial charge in [-0.05, 0) is 37.6 Å². The van der Waals surface area contributed by atoms with Gasteiger partial charge in [0.2, 0.25) is 0 Å². The lowest BCUT2D eigenvalue weighted by Gasteiger charge is -2.13. The number of nitrogens with one attached hydrogen (secondary N) is 1. The monoisotopic (exact) mass is 337 g/mol. The summed E-state index contributed by atoms with van der Waals surface area (Å²) >= 11 is 3.44. The molecule has 1 heterocycles. The number of rotatable bonds is 5. The molecule has 1 aromatic heterocycles. The topological polar surface area (TPSA) is 62.5 Å². The zero-order valence-corrected chi connectivity index (χ0v) is 12.9. The summed E-state index contributed by atoms with van der Waals surface area (Å²) in [7, 11) is 0. The summed E-state index contributed by atoms with van der Waals surface area (Å²) in [5.41, 5.74) is 1.37. The molecule has 1 unspecified atom stereocenters. The highest BCUT2D eigenvalue weighted by atomic mass is 79.9. The predicted molar refractivity (Wildman–Crippen MR) is 79.8 cm³/mol. The smallest absolute Gasteiger partial charge is 0.339 e. The van der Waals surface area contributed by atoms with Crippen LogP contribution in [-0.4, -0.2) is 11.1 Å². The van der Waals surface area contributed by atoms with Crippen LogP contribution in [0.15, 0.2) is 39.2 Å². The molecule has 0 fully saturated rings. The van der Waals surface area contributed by atoms with E-state index in [-0.39, 0.29) is 11.6 Å². The van der Waals surface area contributed by atoms with E-state index in [0.717, 1.165) is 10.0 Å². The van der Waals surface area contributed by atoms with Crippen molar-refractivity contribution in [3.63, 3.8) is 0 Å². The standard InChI is InChI=1S/C15H16BrNO3/c1-9(11-4-3-5-12(16)6-11)17-8-13-7-14(15(18)19)10(2)20-13/h3-7,9,17H,8H2,1-2H3,(H,18,19). The molecule has 2 rings (SSSR count). The summed E-state index contributed by atoms with van der Waals surface area (Å²) in [4.78, 5) is 10.9. The van der Waals surface area contributed by atoms with Crippen molar-refractivity contribution in [2.24, 2.45) is 0 Å². The van der Waals surface area contributed by atoms with E-state index in [4.69, 9.17) is 9.52 Å². The van der Waals surface area contributed by atoms with Gasteiger partial charge in [0.05, 0.1) is 6.54 Å². The van der Waals surface area contributed by atoms with Crippen LogP contribution >= 0.6 is 15.9 Å². The van der Waals surface area contributed by atoms with Crippen molar-refractivity contribution in [3.8, 4) is 0 Å². The number of hydrogen-bond acceptors (Lipinski definition) is 3. The van der Waals surface area contributed by atoms with Crippen LogP contribution in [0.5, 0.6) is 0 Å². The number of aromatic carboxylic acids is 1. The van der Waals surface area contributed by atoms with Gasteiger partial charge < -0.3 is 14.8 Å². The molecule has 0 aliphatic rings. The van der Waals surface area contributed by atoms with Gasteiger partial charge in [-0.2, -0.15) is 0 Å². The minimum Gasteiger partial charge on any atom is -0.478 e. The predicted octanol–water partition coefficient (Wildman–Crippen LogP) is 3.90. The molecule has 5 heteroatoms. The summed E-state index contributed by atoms with van der Waals surface area (Å²) in [5.74, 6) is 0.101. The molecule has 1 atom stereocenters. The molecule has 0 saturated heterocycles. The molecule has 0 spiro atoms. The van der Waals surface area contributed by atoms with Gasteiger partial charge in [0.1, 0.15) is 17.1 Å². The van der Waals surface area contributed by atoms with Crippen molar-refractivity contribution in [1.82, 2.24) is 5.32 Å². The van der Waals surface area contributed by atoms with Crippen molar-refractivity contribution in [1.29, 1.82) is 0 Å². The average molecular weight is 338 g/mol. The highest BCUT2D eigenvalue weighted by molar-refractivity contribution is 9.10. The molecule has 0 amide bonds. The van der Waals surface area contributed by atoms with Gasteiger partial charge in [0, 0.05) is 10.5 Å². The van der Waals surface area contributed by atoms with Crippen molar-refractivity contribution in [2.45, 2.75) is 26.4 Å². The van der Waals surface area contributed by atoms with Gasteiger partial charge in [-0.1, -0.05) is 28.1 Å². The van der Waals surface area contributed by atoms with Crippen molar-refractivity contribution in [2.75, 3.05) is 0 Å². The number of benzene rings is 1. The van der Waals surface area contributed by atoms with E-state index in [1.165, 1.54) is 0 Å². The van der Waals surface area contributed by atoms with E-state index in [9.17, 15) is 4.79 Å². The number of halogens is 1. The van der Waals surface area contributed by atoms with Gasteiger partial charge in [-0.3, -0.25) is 0 Å². The van der Waals surface area contributed by atoms with E-state index < -0.39 is 5.97 Å². The quantitative estimate of drug-likeness (QED) is 0.868. The number of aryl methyl sites for hydroxylation is 1. The molecule has 0 bridgehead atoms. The van der Waals surface area contributed by atoms with Crippen LogP contribution in [0.2, 0.25) is 0 Å². The summed E-state index contributed by atoms with van der Waals surface area (Å²) < 4.78 is 6.47. The third-order valence-electron chi connectivity index (χ3n) is 3.13. The Morgan fingerprint density at radius 1 is 1.45 bits per heavy atom. The fourth-order valence-electron chi connectivity index (χ4n) is 1.99. The Balaban J connectivity index is 2.01. The number of furan rings is 1. The molecule has 4 nitrogen and oxygen atoms in total. The second-order valence-electron chi connectivity index (χ2n) is 4.65. The van der Waals surface area contributed by atoms with Gasteiger partial charge >= 0.3 is 5.97 Å². The number of hydrogen-bond donors (Lipinski definition) is 2. The third kappa shape index (κ3) is 3.49. The molecule has 2 N–H and O–H groups in total. The maximum absolute atomic E-state index is 10.9. The number of carboxylic acids is 1. The van der Waals surface area contributed by atoms with Crippen LogP contribution in [0, 0.1) is 6.92 Å². The van der Waals surface area contributed by atoms with Gasteiger partial charge in [-0.15, -0.1) is 0 Å². The fourth-order valence-corrected chi connectivity index (χ4v) is 2.41. The lowest BCUT2D eigenvalue weighted by atomic mass is 10.1. The largest absolute Gasteiger partial charge is 0.478 e. The number of carbonyl (C=O) groups is 1. The fraction of sp³-hybridized carbons (Fsp3) is 0.267. The Morgan fingerprint density at radius 3 is 2.80 bits per heavy atom. The molecule has 0 aliphatic heterocycles. The van der Waals surface area contributed by atoms with Crippen LogP contribution in [0.25, 0.3) is 0 Å². The lowest BCUT2D eigenvalue weighted by molar-refractivity contribution is 0.0695. The summed E-state index contributed by atoms with van der Waals surface area (Å²) in [6, 6.07) is 9.76. The summed E-state index contributed by atoms with van der Waals surface area (Å²) in [6.07, 6.45) is 0. The molecule has 20 heavy (non-hydrogen) atoms. The molecule has 0 aliphatic carbocycles. The number of carboxylic acid groups (broad SMARTS) is 1. The van der Waals surface area contributed by atoms with Crippen molar-refractivity contribution < 1.29 is 14.3 Å². The maximum atomic E-state index is 10.9. The van der Waals surface area contributed by atoms with Gasteiger partial charge in [0.25, 0.3) is 0 Å². The Kier molecular flexibility index (Phi) is 4.62.